The molecule has 6 nitrogen and oxygen atoms in total. The van der Waals surface area contributed by atoms with Crippen LogP contribution in [0.2, 0.25) is 0 Å². The predicted octanol–water partition coefficient (Wildman–Crippen LogP) is 2.43. The Morgan fingerprint density at radius 1 is 1.11 bits per heavy atom. The Balaban J connectivity index is 1.46. The molecule has 0 unspecified atom stereocenters. The third-order valence-corrected chi connectivity index (χ3v) is 5.52. The topological polar surface area (TPSA) is 62.7 Å². The number of hydrogen-bond donors (Lipinski definition) is 0. The zero-order valence-electron chi connectivity index (χ0n) is 15.4. The lowest BCUT2D eigenvalue weighted by atomic mass is 9.88. The Hall–Kier alpha value is -2.73. The van der Waals surface area contributed by atoms with Crippen molar-refractivity contribution in [1.29, 1.82) is 0 Å². The molecule has 1 aromatic heterocycles. The van der Waals surface area contributed by atoms with Crippen LogP contribution >= 0.6 is 0 Å². The van der Waals surface area contributed by atoms with Gasteiger partial charge in [0.25, 0.3) is 11.8 Å². The lowest BCUT2D eigenvalue weighted by Crippen LogP contribution is -2.59. The van der Waals surface area contributed by atoms with Crippen LogP contribution in [-0.4, -0.2) is 53.5 Å². The number of pyridine rings is 1. The summed E-state index contributed by atoms with van der Waals surface area (Å²) in [5.41, 5.74) is 1.91. The van der Waals surface area contributed by atoms with Crippen LogP contribution in [0, 0.1) is 6.92 Å². The van der Waals surface area contributed by atoms with Gasteiger partial charge in [-0.1, -0.05) is 18.2 Å². The van der Waals surface area contributed by atoms with Crippen LogP contribution in [0.1, 0.15) is 28.9 Å². The number of benzene rings is 1. The van der Waals surface area contributed by atoms with Crippen molar-refractivity contribution in [1.82, 2.24) is 9.88 Å². The van der Waals surface area contributed by atoms with E-state index < -0.39 is 0 Å². The Bertz CT molecular complexity index is 845. The Labute approximate surface area is 158 Å². The van der Waals surface area contributed by atoms with Gasteiger partial charge in [-0.05, 0) is 44.0 Å². The molecule has 0 atom stereocenters. The second kappa shape index (κ2) is 7.12. The summed E-state index contributed by atoms with van der Waals surface area (Å²) in [5.74, 6) is -0.00133. The maximum absolute atomic E-state index is 12.8. The number of aryl methyl sites for hydroxylation is 1. The van der Waals surface area contributed by atoms with Gasteiger partial charge in [-0.25, -0.2) is 0 Å². The molecule has 2 saturated heterocycles. The number of carbonyl (C=O) groups is 2. The number of anilines is 1. The van der Waals surface area contributed by atoms with E-state index in [-0.39, 0.29) is 24.0 Å². The van der Waals surface area contributed by atoms with E-state index in [2.05, 4.69) is 4.98 Å². The zero-order valence-corrected chi connectivity index (χ0v) is 15.4. The highest BCUT2D eigenvalue weighted by Crippen LogP contribution is 2.33. The van der Waals surface area contributed by atoms with Gasteiger partial charge in [-0.15, -0.1) is 0 Å². The minimum absolute atomic E-state index is 0.0160. The SMILES string of the molecule is Cc1ncccc1C(=O)N1CCC2(CC1)CN(c1ccccc1)C(=O)CO2. The van der Waals surface area contributed by atoms with Crippen LogP contribution in [0.4, 0.5) is 5.69 Å². The number of amides is 2. The summed E-state index contributed by atoms with van der Waals surface area (Å²) >= 11 is 0. The molecule has 27 heavy (non-hydrogen) atoms. The molecule has 2 amide bonds. The van der Waals surface area contributed by atoms with Crippen LogP contribution in [0.25, 0.3) is 0 Å². The summed E-state index contributed by atoms with van der Waals surface area (Å²) in [6, 6.07) is 13.3. The maximum Gasteiger partial charge on any atom is 0.255 e. The minimum Gasteiger partial charge on any atom is -0.363 e. The highest BCUT2D eigenvalue weighted by molar-refractivity contribution is 5.96. The molecule has 1 aromatic carbocycles. The molecule has 6 heteroatoms. The van der Waals surface area contributed by atoms with E-state index in [1.807, 2.05) is 53.1 Å². The van der Waals surface area contributed by atoms with E-state index in [4.69, 9.17) is 4.74 Å². The van der Waals surface area contributed by atoms with Gasteiger partial charge in [0, 0.05) is 30.7 Å². The standard InChI is InChI=1S/C21H23N3O3/c1-16-18(8-5-11-22-16)20(26)23-12-9-21(10-13-23)15-24(19(25)14-27-21)17-6-3-2-4-7-17/h2-8,11H,9-10,12-15H2,1H3. The van der Waals surface area contributed by atoms with Crippen molar-refractivity contribution in [3.8, 4) is 0 Å². The van der Waals surface area contributed by atoms with Crippen LogP contribution in [0.15, 0.2) is 48.7 Å². The van der Waals surface area contributed by atoms with Gasteiger partial charge in [0.15, 0.2) is 0 Å². The van der Waals surface area contributed by atoms with E-state index >= 15 is 0 Å². The lowest BCUT2D eigenvalue weighted by Gasteiger charge is -2.47. The lowest BCUT2D eigenvalue weighted by molar-refractivity contribution is -0.143. The number of rotatable bonds is 2. The number of nitrogens with zero attached hydrogens (tertiary/aromatic N) is 3. The highest BCUT2D eigenvalue weighted by atomic mass is 16.5. The maximum atomic E-state index is 12.8. The number of carbonyl (C=O) groups excluding carboxylic acids is 2. The van der Waals surface area contributed by atoms with Crippen molar-refractivity contribution in [2.24, 2.45) is 0 Å². The molecule has 4 rings (SSSR count). The molecular formula is C21H23N3O3. The smallest absolute Gasteiger partial charge is 0.255 e. The van der Waals surface area contributed by atoms with Gasteiger partial charge >= 0.3 is 0 Å². The number of piperidine rings is 1. The Morgan fingerprint density at radius 3 is 2.56 bits per heavy atom. The fourth-order valence-corrected chi connectivity index (χ4v) is 3.86. The van der Waals surface area contributed by atoms with E-state index in [9.17, 15) is 9.59 Å². The van der Waals surface area contributed by atoms with Gasteiger partial charge in [0.05, 0.1) is 17.7 Å². The second-order valence-electron chi connectivity index (χ2n) is 7.22. The third-order valence-electron chi connectivity index (χ3n) is 5.52. The van der Waals surface area contributed by atoms with E-state index in [1.54, 1.807) is 12.3 Å². The fraction of sp³-hybridized carbons (Fsp3) is 0.381. The number of para-hydroxylation sites is 1. The largest absolute Gasteiger partial charge is 0.363 e. The average molecular weight is 365 g/mol. The van der Waals surface area contributed by atoms with Crippen molar-refractivity contribution < 1.29 is 14.3 Å². The van der Waals surface area contributed by atoms with E-state index in [0.29, 0.717) is 38.0 Å². The molecule has 1 spiro atoms. The van der Waals surface area contributed by atoms with Gasteiger partial charge in [0.1, 0.15) is 6.61 Å². The molecule has 0 bridgehead atoms. The molecule has 0 radical (unpaired) electrons. The number of ether oxygens (including phenoxy) is 1. The number of hydrogen-bond acceptors (Lipinski definition) is 4. The predicted molar refractivity (Wildman–Crippen MR) is 102 cm³/mol. The summed E-state index contributed by atoms with van der Waals surface area (Å²) in [6.07, 6.45) is 3.13. The van der Waals surface area contributed by atoms with Crippen molar-refractivity contribution in [2.45, 2.75) is 25.4 Å². The van der Waals surface area contributed by atoms with Crippen LogP contribution < -0.4 is 4.90 Å². The summed E-state index contributed by atoms with van der Waals surface area (Å²) in [6.45, 7) is 3.70. The van der Waals surface area contributed by atoms with E-state index in [1.165, 1.54) is 0 Å². The summed E-state index contributed by atoms with van der Waals surface area (Å²) < 4.78 is 5.99. The Kier molecular flexibility index (Phi) is 4.66. The summed E-state index contributed by atoms with van der Waals surface area (Å²) in [4.78, 5) is 33.0. The van der Waals surface area contributed by atoms with Crippen molar-refractivity contribution in [2.75, 3.05) is 31.1 Å². The van der Waals surface area contributed by atoms with E-state index in [0.717, 1.165) is 11.4 Å². The molecule has 2 fully saturated rings. The first-order valence-electron chi connectivity index (χ1n) is 9.28. The van der Waals surface area contributed by atoms with Crippen molar-refractivity contribution in [3.63, 3.8) is 0 Å². The van der Waals surface area contributed by atoms with Crippen LogP contribution in [0.3, 0.4) is 0 Å². The molecule has 0 N–H and O–H groups in total. The van der Waals surface area contributed by atoms with Crippen molar-refractivity contribution >= 4 is 17.5 Å². The zero-order chi connectivity index (χ0) is 18.9. The molecule has 2 aliphatic rings. The van der Waals surface area contributed by atoms with Gasteiger partial charge in [0.2, 0.25) is 0 Å². The molecule has 0 saturated carbocycles. The first kappa shape index (κ1) is 17.7. The second-order valence-corrected chi connectivity index (χ2v) is 7.22. The first-order chi connectivity index (χ1) is 13.1. The molecule has 3 heterocycles. The number of morpholine rings is 1. The molecule has 2 aliphatic heterocycles. The first-order valence-corrected chi connectivity index (χ1v) is 9.28. The Morgan fingerprint density at radius 2 is 1.85 bits per heavy atom. The highest BCUT2D eigenvalue weighted by Gasteiger charge is 2.43. The third kappa shape index (κ3) is 3.45. The van der Waals surface area contributed by atoms with Crippen LogP contribution in [0.5, 0.6) is 0 Å². The molecular weight excluding hydrogens is 342 g/mol. The normalized spacial score (nSPS) is 19.4. The number of likely N-dealkylation sites (tertiary alicyclic amines) is 1. The molecule has 140 valence electrons. The minimum atomic E-state index is -0.384. The fourth-order valence-electron chi connectivity index (χ4n) is 3.86. The monoisotopic (exact) mass is 365 g/mol. The molecule has 2 aromatic rings. The quantitative estimate of drug-likeness (QED) is 0.820. The number of aromatic nitrogens is 1. The van der Waals surface area contributed by atoms with Crippen LogP contribution in [-0.2, 0) is 9.53 Å². The summed E-state index contributed by atoms with van der Waals surface area (Å²) in [5, 5.41) is 0. The van der Waals surface area contributed by atoms with Crippen molar-refractivity contribution in [3.05, 3.63) is 59.9 Å². The molecule has 0 aliphatic carbocycles. The summed E-state index contributed by atoms with van der Waals surface area (Å²) in [7, 11) is 0. The van der Waals surface area contributed by atoms with Gasteiger partial charge < -0.3 is 14.5 Å². The van der Waals surface area contributed by atoms with Gasteiger partial charge in [-0.3, -0.25) is 14.6 Å². The van der Waals surface area contributed by atoms with Gasteiger partial charge in [-0.2, -0.15) is 0 Å². The average Bonchev–Trinajstić information content (AvgIpc) is 2.71.